The number of urea groups is 1. The molecular weight excluding hydrogens is 252 g/mol. The van der Waals surface area contributed by atoms with Crippen LogP contribution in [0.25, 0.3) is 0 Å². The van der Waals surface area contributed by atoms with Crippen molar-refractivity contribution >= 4 is 6.03 Å². The molecule has 4 heteroatoms. The molecule has 1 fully saturated rings. The number of likely N-dealkylation sites (N-methyl/N-ethyl adjacent to an activating group) is 1. The van der Waals surface area contributed by atoms with Crippen molar-refractivity contribution in [2.45, 2.75) is 44.8 Å². The quantitative estimate of drug-likeness (QED) is 0.867. The average Bonchev–Trinajstić information content (AvgIpc) is 3.15. The zero-order valence-corrected chi connectivity index (χ0v) is 12.5. The van der Waals surface area contributed by atoms with Gasteiger partial charge in [0.2, 0.25) is 0 Å². The van der Waals surface area contributed by atoms with E-state index in [4.69, 9.17) is 0 Å². The molecule has 0 aromatic heterocycles. The monoisotopic (exact) mass is 276 g/mol. The van der Waals surface area contributed by atoms with Crippen molar-refractivity contribution in [2.75, 3.05) is 13.1 Å². The fraction of sp³-hybridized carbons (Fsp3) is 0.562. The summed E-state index contributed by atoms with van der Waals surface area (Å²) in [5.74, 6) is 0.431. The highest BCUT2D eigenvalue weighted by atomic mass is 16.3. The molecule has 2 N–H and O–H groups in total. The van der Waals surface area contributed by atoms with Gasteiger partial charge in [-0.2, -0.15) is 0 Å². The lowest BCUT2D eigenvalue weighted by Gasteiger charge is -2.28. The Bertz CT molecular complexity index is 453. The van der Waals surface area contributed by atoms with Crippen LogP contribution in [0.1, 0.15) is 38.7 Å². The normalized spacial score (nSPS) is 21.4. The first kappa shape index (κ1) is 14.9. The smallest absolute Gasteiger partial charge is 0.317 e. The van der Waals surface area contributed by atoms with Crippen LogP contribution in [0.2, 0.25) is 0 Å². The number of amides is 2. The van der Waals surface area contributed by atoms with Gasteiger partial charge in [0.1, 0.15) is 0 Å². The highest BCUT2D eigenvalue weighted by molar-refractivity contribution is 5.75. The van der Waals surface area contributed by atoms with Crippen LogP contribution in [0.5, 0.6) is 0 Å². The fourth-order valence-corrected chi connectivity index (χ4v) is 2.47. The number of carbonyl (C=O) groups is 1. The number of nitrogens with zero attached hydrogens (tertiary/aromatic N) is 1. The maximum Gasteiger partial charge on any atom is 0.317 e. The molecule has 1 saturated carbocycles. The van der Waals surface area contributed by atoms with Gasteiger partial charge in [-0.25, -0.2) is 4.79 Å². The molecule has 2 unspecified atom stereocenters. The summed E-state index contributed by atoms with van der Waals surface area (Å²) in [7, 11) is 0. The lowest BCUT2D eigenvalue weighted by atomic mass is 10.1. The molecule has 20 heavy (non-hydrogen) atoms. The molecule has 2 amide bonds. The van der Waals surface area contributed by atoms with Crippen molar-refractivity contribution in [1.82, 2.24) is 10.2 Å². The number of hydrogen-bond donors (Lipinski definition) is 2. The van der Waals surface area contributed by atoms with Crippen molar-refractivity contribution in [3.8, 4) is 0 Å². The first-order valence-corrected chi connectivity index (χ1v) is 7.23. The molecule has 0 heterocycles. The van der Waals surface area contributed by atoms with Crippen molar-refractivity contribution < 1.29 is 9.90 Å². The Morgan fingerprint density at radius 1 is 1.40 bits per heavy atom. The molecular formula is C16H24N2O2. The Morgan fingerprint density at radius 3 is 2.60 bits per heavy atom. The van der Waals surface area contributed by atoms with Crippen molar-refractivity contribution in [1.29, 1.82) is 0 Å². The van der Waals surface area contributed by atoms with Crippen LogP contribution in [0.3, 0.4) is 0 Å². The average molecular weight is 276 g/mol. The summed E-state index contributed by atoms with van der Waals surface area (Å²) in [5, 5.41) is 12.9. The number of carbonyl (C=O) groups excluding carboxylic acids is 1. The molecule has 0 saturated heterocycles. The van der Waals surface area contributed by atoms with Gasteiger partial charge in [-0.05, 0) is 32.8 Å². The molecule has 4 nitrogen and oxygen atoms in total. The number of hydrogen-bond acceptors (Lipinski definition) is 2. The molecule has 0 aliphatic heterocycles. The molecule has 0 spiro atoms. The molecule has 1 aromatic rings. The van der Waals surface area contributed by atoms with E-state index >= 15 is 0 Å². The Balaban J connectivity index is 1.87. The summed E-state index contributed by atoms with van der Waals surface area (Å²) < 4.78 is 0. The summed E-state index contributed by atoms with van der Waals surface area (Å²) in [6.07, 6.45) is 0.996. The topological polar surface area (TPSA) is 52.6 Å². The Morgan fingerprint density at radius 2 is 2.05 bits per heavy atom. The summed E-state index contributed by atoms with van der Waals surface area (Å²) >= 11 is 0. The van der Waals surface area contributed by atoms with Crippen LogP contribution in [0, 0.1) is 0 Å². The zero-order chi connectivity index (χ0) is 14.8. The number of rotatable bonds is 5. The first-order valence-electron chi connectivity index (χ1n) is 7.23. The molecule has 110 valence electrons. The van der Waals surface area contributed by atoms with Crippen molar-refractivity contribution in [3.63, 3.8) is 0 Å². The minimum Gasteiger partial charge on any atom is -0.389 e. The van der Waals surface area contributed by atoms with Crippen LogP contribution in [0.15, 0.2) is 30.3 Å². The van der Waals surface area contributed by atoms with Gasteiger partial charge < -0.3 is 15.3 Å². The summed E-state index contributed by atoms with van der Waals surface area (Å²) in [5.41, 5.74) is 0.416. The molecule has 0 bridgehead atoms. The van der Waals surface area contributed by atoms with Crippen LogP contribution >= 0.6 is 0 Å². The second-order valence-electron chi connectivity index (χ2n) is 6.14. The van der Waals surface area contributed by atoms with Gasteiger partial charge in [-0.3, -0.25) is 0 Å². The van der Waals surface area contributed by atoms with Crippen LogP contribution in [0.4, 0.5) is 4.79 Å². The molecule has 2 rings (SSSR count). The van der Waals surface area contributed by atoms with E-state index in [1.165, 1.54) is 5.56 Å². The Kier molecular flexibility index (Phi) is 4.33. The van der Waals surface area contributed by atoms with Gasteiger partial charge in [0.05, 0.1) is 12.1 Å². The molecule has 0 radical (unpaired) electrons. The molecule has 1 aliphatic rings. The van der Waals surface area contributed by atoms with Crippen LogP contribution in [-0.4, -0.2) is 40.8 Å². The maximum atomic E-state index is 12.2. The minimum absolute atomic E-state index is 0.0851. The van der Waals surface area contributed by atoms with E-state index in [0.29, 0.717) is 19.0 Å². The second-order valence-corrected chi connectivity index (χ2v) is 6.14. The highest BCUT2D eigenvalue weighted by Gasteiger charge is 2.40. The largest absolute Gasteiger partial charge is 0.389 e. The predicted molar refractivity (Wildman–Crippen MR) is 79.7 cm³/mol. The lowest BCUT2D eigenvalue weighted by molar-refractivity contribution is 0.0479. The molecule has 2 atom stereocenters. The van der Waals surface area contributed by atoms with Gasteiger partial charge in [0, 0.05) is 18.5 Å². The second kappa shape index (κ2) is 5.83. The van der Waals surface area contributed by atoms with Gasteiger partial charge in [0.15, 0.2) is 0 Å². The van der Waals surface area contributed by atoms with Gasteiger partial charge >= 0.3 is 6.03 Å². The fourth-order valence-electron chi connectivity index (χ4n) is 2.47. The van der Waals surface area contributed by atoms with E-state index in [9.17, 15) is 9.90 Å². The zero-order valence-electron chi connectivity index (χ0n) is 12.5. The number of aliphatic hydroxyl groups is 1. The summed E-state index contributed by atoms with van der Waals surface area (Å²) in [4.78, 5) is 13.8. The van der Waals surface area contributed by atoms with E-state index in [1.54, 1.807) is 18.7 Å². The maximum absolute atomic E-state index is 12.2. The van der Waals surface area contributed by atoms with Gasteiger partial charge in [-0.15, -0.1) is 0 Å². The van der Waals surface area contributed by atoms with Gasteiger partial charge in [0.25, 0.3) is 0 Å². The first-order chi connectivity index (χ1) is 9.40. The standard InChI is InChI=1S/C16H24N2O2/c1-4-18(11-16(2,3)20)15(19)17-14-10-13(14)12-8-6-5-7-9-12/h5-9,13-14,20H,4,10-11H2,1-3H3,(H,17,19). The van der Waals surface area contributed by atoms with E-state index in [2.05, 4.69) is 17.4 Å². The molecule has 1 aromatic carbocycles. The number of benzene rings is 1. The van der Waals surface area contributed by atoms with E-state index < -0.39 is 5.60 Å². The SMILES string of the molecule is CCN(CC(C)(C)O)C(=O)NC1CC1c1ccccc1. The predicted octanol–water partition coefficient (Wildman–Crippen LogP) is 2.34. The van der Waals surface area contributed by atoms with Crippen LogP contribution < -0.4 is 5.32 Å². The van der Waals surface area contributed by atoms with Gasteiger partial charge in [-0.1, -0.05) is 30.3 Å². The Hall–Kier alpha value is -1.55. The van der Waals surface area contributed by atoms with E-state index in [-0.39, 0.29) is 12.1 Å². The number of nitrogens with one attached hydrogen (secondary N) is 1. The van der Waals surface area contributed by atoms with Crippen molar-refractivity contribution in [2.24, 2.45) is 0 Å². The molecule has 1 aliphatic carbocycles. The Labute approximate surface area is 120 Å². The van der Waals surface area contributed by atoms with E-state index in [1.807, 2.05) is 25.1 Å². The lowest BCUT2D eigenvalue weighted by Crippen LogP contribution is -2.47. The summed E-state index contributed by atoms with van der Waals surface area (Å²) in [6, 6.07) is 10.4. The summed E-state index contributed by atoms with van der Waals surface area (Å²) in [6.45, 7) is 6.29. The van der Waals surface area contributed by atoms with Crippen LogP contribution in [-0.2, 0) is 0 Å². The van der Waals surface area contributed by atoms with Crippen molar-refractivity contribution in [3.05, 3.63) is 35.9 Å². The third-order valence-electron chi connectivity index (χ3n) is 3.57. The minimum atomic E-state index is -0.865. The third kappa shape index (κ3) is 3.97. The van der Waals surface area contributed by atoms with E-state index in [0.717, 1.165) is 6.42 Å². The highest BCUT2D eigenvalue weighted by Crippen LogP contribution is 2.40. The third-order valence-corrected chi connectivity index (χ3v) is 3.57.